The predicted octanol–water partition coefficient (Wildman–Crippen LogP) is -2.03. The van der Waals surface area contributed by atoms with Crippen molar-refractivity contribution >= 4 is 0 Å². The molecule has 0 aliphatic carbocycles. The molecule has 2 heterocycles. The molecule has 1 aliphatic rings. The summed E-state index contributed by atoms with van der Waals surface area (Å²) in [6, 6.07) is -0.828. The third-order valence-electron chi connectivity index (χ3n) is 2.72. The zero-order chi connectivity index (χ0) is 12.6. The highest BCUT2D eigenvalue weighted by atomic mass is 19.1. The minimum Gasteiger partial charge on any atom is -0.394 e. The second-order valence-electron chi connectivity index (χ2n) is 3.76. The highest BCUT2D eigenvalue weighted by Gasteiger charge is 2.37. The molecule has 3 atom stereocenters. The van der Waals surface area contributed by atoms with E-state index in [0.717, 1.165) is 10.8 Å². The molecule has 0 bridgehead atoms. The van der Waals surface area contributed by atoms with Gasteiger partial charge in [0.2, 0.25) is 5.82 Å². The van der Waals surface area contributed by atoms with Crippen LogP contribution >= 0.6 is 0 Å². The van der Waals surface area contributed by atoms with Gasteiger partial charge in [0.25, 0.3) is 5.56 Å². The van der Waals surface area contributed by atoms with E-state index in [4.69, 9.17) is 9.84 Å². The van der Waals surface area contributed by atoms with Crippen molar-refractivity contribution in [3.63, 3.8) is 0 Å². The smallest absolute Gasteiger partial charge is 0.328 e. The van der Waals surface area contributed by atoms with E-state index >= 15 is 0 Å². The lowest BCUT2D eigenvalue weighted by molar-refractivity contribution is 0.00187. The van der Waals surface area contributed by atoms with Crippen LogP contribution in [0.5, 0.6) is 0 Å². The highest BCUT2D eigenvalue weighted by molar-refractivity contribution is 4.95. The fourth-order valence-corrected chi connectivity index (χ4v) is 1.78. The van der Waals surface area contributed by atoms with Crippen LogP contribution in [0.25, 0.3) is 0 Å². The summed E-state index contributed by atoms with van der Waals surface area (Å²) in [6.07, 6.45) is -1.23. The maximum absolute atomic E-state index is 13.0. The number of aromatic amines is 1. The van der Waals surface area contributed by atoms with Crippen LogP contribution in [0.4, 0.5) is 4.39 Å². The van der Waals surface area contributed by atoms with Crippen molar-refractivity contribution in [2.45, 2.75) is 18.2 Å². The lowest BCUT2D eigenvalue weighted by Crippen LogP contribution is -2.39. The van der Waals surface area contributed by atoms with Gasteiger partial charge in [-0.3, -0.25) is 14.3 Å². The van der Waals surface area contributed by atoms with Gasteiger partial charge in [-0.25, -0.2) is 4.79 Å². The quantitative estimate of drug-likeness (QED) is 0.558. The third-order valence-corrected chi connectivity index (χ3v) is 2.72. The van der Waals surface area contributed by atoms with Gasteiger partial charge >= 0.3 is 5.69 Å². The van der Waals surface area contributed by atoms with E-state index in [9.17, 15) is 19.1 Å². The normalized spacial score (nSPS) is 28.5. The maximum atomic E-state index is 13.0. The van der Waals surface area contributed by atoms with Crippen molar-refractivity contribution in [1.82, 2.24) is 9.55 Å². The van der Waals surface area contributed by atoms with E-state index < -0.39 is 41.9 Å². The van der Waals surface area contributed by atoms with Crippen molar-refractivity contribution < 1.29 is 19.3 Å². The second kappa shape index (κ2) is 4.40. The summed E-state index contributed by atoms with van der Waals surface area (Å²) in [6.45, 7) is -0.448. The van der Waals surface area contributed by atoms with Gasteiger partial charge in [0.1, 0.15) is 12.2 Å². The molecule has 1 saturated heterocycles. The van der Waals surface area contributed by atoms with E-state index in [1.165, 1.54) is 0 Å². The van der Waals surface area contributed by atoms with Crippen LogP contribution in [0.3, 0.4) is 0 Å². The predicted molar refractivity (Wildman–Crippen MR) is 53.2 cm³/mol. The Morgan fingerprint density at radius 2 is 2.29 bits per heavy atom. The Morgan fingerprint density at radius 1 is 1.59 bits per heavy atom. The Hall–Kier alpha value is -1.51. The molecule has 8 heteroatoms. The van der Waals surface area contributed by atoms with Gasteiger partial charge in [0.05, 0.1) is 25.5 Å². The van der Waals surface area contributed by atoms with Gasteiger partial charge in [-0.15, -0.1) is 0 Å². The molecule has 1 unspecified atom stereocenters. The van der Waals surface area contributed by atoms with E-state index in [2.05, 4.69) is 0 Å². The summed E-state index contributed by atoms with van der Waals surface area (Å²) in [5.74, 6) is -1.12. The van der Waals surface area contributed by atoms with Crippen LogP contribution in [0.15, 0.2) is 15.8 Å². The van der Waals surface area contributed by atoms with Crippen molar-refractivity contribution in [2.75, 3.05) is 13.2 Å². The Morgan fingerprint density at radius 3 is 2.88 bits per heavy atom. The molecule has 0 amide bonds. The number of nitrogens with zero attached hydrogens (tertiary/aromatic N) is 1. The van der Waals surface area contributed by atoms with Crippen LogP contribution in [-0.2, 0) is 4.74 Å². The number of aliphatic hydroxyl groups is 2. The monoisotopic (exact) mass is 246 g/mol. The number of nitrogens with one attached hydrogen (secondary N) is 1. The van der Waals surface area contributed by atoms with Crippen LogP contribution in [-0.4, -0.2) is 45.2 Å². The van der Waals surface area contributed by atoms with Gasteiger partial charge in [-0.2, -0.15) is 4.39 Å². The zero-order valence-electron chi connectivity index (χ0n) is 8.67. The topological polar surface area (TPSA) is 105 Å². The first-order valence-corrected chi connectivity index (χ1v) is 4.96. The largest absolute Gasteiger partial charge is 0.394 e. The molecular formula is C9H11FN2O5. The number of hydrogen-bond donors (Lipinski definition) is 3. The average molecular weight is 246 g/mol. The summed E-state index contributed by atoms with van der Waals surface area (Å²) >= 11 is 0. The molecular weight excluding hydrogens is 235 g/mol. The molecule has 2 rings (SSSR count). The van der Waals surface area contributed by atoms with Crippen LogP contribution in [0.2, 0.25) is 0 Å². The number of hydrogen-bond acceptors (Lipinski definition) is 5. The minimum atomic E-state index is -1.14. The Labute approximate surface area is 94.1 Å². The van der Waals surface area contributed by atoms with Gasteiger partial charge in [0.15, 0.2) is 0 Å². The van der Waals surface area contributed by atoms with Crippen LogP contribution < -0.4 is 11.2 Å². The fourth-order valence-electron chi connectivity index (χ4n) is 1.78. The number of halogens is 1. The second-order valence-corrected chi connectivity index (χ2v) is 3.76. The molecule has 94 valence electrons. The number of H-pyrrole nitrogens is 1. The molecule has 0 spiro atoms. The van der Waals surface area contributed by atoms with Crippen LogP contribution in [0.1, 0.15) is 6.04 Å². The molecule has 0 radical (unpaired) electrons. The maximum Gasteiger partial charge on any atom is 0.328 e. The fraction of sp³-hybridized carbons (Fsp3) is 0.556. The van der Waals surface area contributed by atoms with Crippen molar-refractivity contribution in [2.24, 2.45) is 0 Å². The first-order chi connectivity index (χ1) is 8.04. The Kier molecular flexibility index (Phi) is 3.09. The summed E-state index contributed by atoms with van der Waals surface area (Å²) in [4.78, 5) is 24.0. The highest BCUT2D eigenvalue weighted by Crippen LogP contribution is 2.23. The number of aromatic nitrogens is 2. The molecule has 1 fully saturated rings. The van der Waals surface area contributed by atoms with Gasteiger partial charge in [0, 0.05) is 0 Å². The molecule has 7 nitrogen and oxygen atoms in total. The summed E-state index contributed by atoms with van der Waals surface area (Å²) < 4.78 is 18.9. The number of ether oxygens (including phenoxy) is 1. The molecule has 17 heavy (non-hydrogen) atoms. The van der Waals surface area contributed by atoms with E-state index in [-0.39, 0.29) is 6.61 Å². The third kappa shape index (κ3) is 2.02. The van der Waals surface area contributed by atoms with Crippen LogP contribution in [0, 0.1) is 5.82 Å². The van der Waals surface area contributed by atoms with Gasteiger partial charge < -0.3 is 14.9 Å². The zero-order valence-corrected chi connectivity index (χ0v) is 8.67. The first kappa shape index (κ1) is 12.0. The molecule has 1 aromatic heterocycles. The average Bonchev–Trinajstić information content (AvgIpc) is 2.65. The summed E-state index contributed by atoms with van der Waals surface area (Å²) in [5, 5.41) is 18.6. The number of aliphatic hydroxyl groups excluding tert-OH is 2. The Balaban J connectivity index is 2.39. The van der Waals surface area contributed by atoms with Crippen molar-refractivity contribution in [3.05, 3.63) is 32.9 Å². The number of rotatable bonds is 2. The van der Waals surface area contributed by atoms with Gasteiger partial charge in [-0.1, -0.05) is 0 Å². The minimum absolute atomic E-state index is 0.0439. The molecule has 1 aliphatic heterocycles. The lowest BCUT2D eigenvalue weighted by Gasteiger charge is -2.17. The van der Waals surface area contributed by atoms with E-state index in [1.54, 1.807) is 4.98 Å². The lowest BCUT2D eigenvalue weighted by atomic mass is 10.1. The summed E-state index contributed by atoms with van der Waals surface area (Å²) in [5.41, 5.74) is -1.94. The summed E-state index contributed by atoms with van der Waals surface area (Å²) in [7, 11) is 0. The van der Waals surface area contributed by atoms with Gasteiger partial charge in [-0.05, 0) is 0 Å². The molecule has 0 aromatic carbocycles. The molecule has 0 saturated carbocycles. The standard InChI is InChI=1S/C9H11FN2O5/c10-4-1-12(9(16)11-8(4)15)5-3-17-6(2-13)7(5)14/h1,5-7,13-14H,2-3H2,(H,11,15,16)/t5?,6-,7+/m1/s1. The van der Waals surface area contributed by atoms with Crippen molar-refractivity contribution in [3.8, 4) is 0 Å². The van der Waals surface area contributed by atoms with E-state index in [0.29, 0.717) is 0 Å². The SMILES string of the molecule is O=c1[nH]c(=O)n(C2CO[C@H](CO)[C@H]2O)cc1F. The molecule has 3 N–H and O–H groups in total. The molecule has 1 aromatic rings. The van der Waals surface area contributed by atoms with Crippen molar-refractivity contribution in [1.29, 1.82) is 0 Å². The first-order valence-electron chi connectivity index (χ1n) is 4.96. The Bertz CT molecular complexity index is 525. The van der Waals surface area contributed by atoms with E-state index in [1.807, 2.05) is 0 Å².